The van der Waals surface area contributed by atoms with Crippen LogP contribution in [0.5, 0.6) is 0 Å². The highest BCUT2D eigenvalue weighted by Gasteiger charge is 2.48. The van der Waals surface area contributed by atoms with Crippen molar-refractivity contribution in [1.82, 2.24) is 4.57 Å². The third-order valence-electron chi connectivity index (χ3n) is 14.3. The number of para-hydroxylation sites is 4. The smallest absolute Gasteiger partial charge is 0.333 e. The molecule has 0 atom stereocenters. The van der Waals surface area contributed by atoms with Crippen molar-refractivity contribution in [1.29, 1.82) is 0 Å². The molecule has 0 amide bonds. The molecule has 0 saturated carbocycles. The maximum atomic E-state index is 2.70. The van der Waals surface area contributed by atoms with Crippen LogP contribution < -0.4 is 20.6 Å². The standard InChI is InChI=1S/C59H44BN3/c1-38-30-32-43(33-31-38)63-52-36-44(61(41-22-12-6-13-23-41)42-24-14-7-15-25-42)34-35-45(52)47-37-48(53(39-18-8-4-9-19-39)40-20-10-5-11-21-40)54-46-26-16-27-49-56(46)62-57-50(59(49,2)3)28-17-29-51(57)60(63)55(47)58(54)62/h4-37,53H,1-3H3. The van der Waals surface area contributed by atoms with Crippen molar-refractivity contribution in [3.8, 4) is 16.8 Å². The number of aryl methyl sites for hydroxylation is 1. The Hall–Kier alpha value is -7.56. The van der Waals surface area contributed by atoms with Crippen LogP contribution in [0.4, 0.5) is 28.4 Å². The van der Waals surface area contributed by atoms with Gasteiger partial charge in [-0.1, -0.05) is 171 Å². The first kappa shape index (κ1) is 36.1. The van der Waals surface area contributed by atoms with Crippen LogP contribution in [0.1, 0.15) is 53.1 Å². The average molecular weight is 806 g/mol. The summed E-state index contributed by atoms with van der Waals surface area (Å²) in [6.07, 6.45) is 0. The van der Waals surface area contributed by atoms with E-state index in [0.29, 0.717) is 0 Å². The summed E-state index contributed by atoms with van der Waals surface area (Å²) in [6, 6.07) is 77.1. The number of anilines is 5. The van der Waals surface area contributed by atoms with E-state index in [0.717, 1.165) is 17.1 Å². The lowest BCUT2D eigenvalue weighted by Gasteiger charge is -2.45. The van der Waals surface area contributed by atoms with Gasteiger partial charge in [0.25, 0.3) is 0 Å². The molecule has 13 rings (SSSR count). The Bertz CT molecular complexity index is 3350. The largest absolute Gasteiger partial charge is 0.376 e. The summed E-state index contributed by atoms with van der Waals surface area (Å²) in [5, 5.41) is 2.69. The number of benzene rings is 9. The van der Waals surface area contributed by atoms with Crippen LogP contribution in [0.25, 0.3) is 38.6 Å². The summed E-state index contributed by atoms with van der Waals surface area (Å²) in [4.78, 5) is 5.06. The molecule has 0 unspecified atom stereocenters. The Labute approximate surface area is 369 Å². The van der Waals surface area contributed by atoms with Gasteiger partial charge in [-0.25, -0.2) is 0 Å². The van der Waals surface area contributed by atoms with E-state index in [-0.39, 0.29) is 18.2 Å². The van der Waals surface area contributed by atoms with Crippen LogP contribution in [0.15, 0.2) is 206 Å². The second-order valence-electron chi connectivity index (χ2n) is 18.1. The molecule has 3 aliphatic heterocycles. The lowest BCUT2D eigenvalue weighted by Crippen LogP contribution is -2.61. The van der Waals surface area contributed by atoms with E-state index in [1.165, 1.54) is 94.3 Å². The molecule has 0 radical (unpaired) electrons. The van der Waals surface area contributed by atoms with Crippen molar-refractivity contribution in [3.05, 3.63) is 240 Å². The Morgan fingerprint density at radius 1 is 0.524 bits per heavy atom. The molecular weight excluding hydrogens is 761 g/mol. The second kappa shape index (κ2) is 13.5. The predicted octanol–water partition coefficient (Wildman–Crippen LogP) is 13.6. The maximum Gasteiger partial charge on any atom is 0.333 e. The third kappa shape index (κ3) is 5.09. The average Bonchev–Trinajstić information content (AvgIpc) is 3.68. The molecule has 0 saturated heterocycles. The van der Waals surface area contributed by atoms with Gasteiger partial charge in [-0.05, 0) is 106 Å². The molecule has 0 fully saturated rings. The monoisotopic (exact) mass is 805 g/mol. The number of hydrogen-bond donors (Lipinski definition) is 0. The molecule has 298 valence electrons. The summed E-state index contributed by atoms with van der Waals surface area (Å²) in [5.41, 5.74) is 22.7. The Morgan fingerprint density at radius 3 is 1.78 bits per heavy atom. The quantitative estimate of drug-likeness (QED) is 0.117. The highest BCUT2D eigenvalue weighted by Crippen LogP contribution is 2.54. The molecule has 4 heteroatoms. The molecule has 9 aromatic carbocycles. The van der Waals surface area contributed by atoms with E-state index in [2.05, 4.69) is 241 Å². The van der Waals surface area contributed by atoms with Gasteiger partial charge in [0.2, 0.25) is 0 Å². The Balaban J connectivity index is 1.21. The maximum absolute atomic E-state index is 2.70. The molecule has 4 heterocycles. The minimum atomic E-state index is -0.214. The van der Waals surface area contributed by atoms with E-state index in [1.54, 1.807) is 0 Å². The molecule has 3 nitrogen and oxygen atoms in total. The summed E-state index contributed by atoms with van der Waals surface area (Å²) in [7, 11) is 0. The first-order valence-electron chi connectivity index (χ1n) is 22.3. The zero-order valence-electron chi connectivity index (χ0n) is 35.6. The minimum absolute atomic E-state index is 0.00812. The summed E-state index contributed by atoms with van der Waals surface area (Å²) in [6.45, 7) is 6.96. The van der Waals surface area contributed by atoms with E-state index in [4.69, 9.17) is 0 Å². The lowest BCUT2D eigenvalue weighted by molar-refractivity contribution is 0.631. The van der Waals surface area contributed by atoms with Crippen LogP contribution in [0, 0.1) is 6.92 Å². The van der Waals surface area contributed by atoms with Crippen molar-refractivity contribution in [3.63, 3.8) is 0 Å². The van der Waals surface area contributed by atoms with Gasteiger partial charge in [0.05, 0.1) is 11.0 Å². The lowest BCUT2D eigenvalue weighted by atomic mass is 9.43. The Morgan fingerprint density at radius 2 is 1.13 bits per heavy atom. The molecule has 0 N–H and O–H groups in total. The van der Waals surface area contributed by atoms with E-state index in [1.807, 2.05) is 0 Å². The van der Waals surface area contributed by atoms with Gasteiger partial charge in [0.15, 0.2) is 0 Å². The zero-order chi connectivity index (χ0) is 42.0. The summed E-state index contributed by atoms with van der Waals surface area (Å²) < 4.78 is 2.70. The van der Waals surface area contributed by atoms with E-state index < -0.39 is 0 Å². The number of fused-ring (bicyclic) bond motifs is 4. The third-order valence-corrected chi connectivity index (χ3v) is 14.3. The molecular formula is C59H44BN3. The van der Waals surface area contributed by atoms with E-state index >= 15 is 0 Å². The van der Waals surface area contributed by atoms with Crippen molar-refractivity contribution in [2.75, 3.05) is 9.71 Å². The minimum Gasteiger partial charge on any atom is -0.376 e. The van der Waals surface area contributed by atoms with Crippen molar-refractivity contribution in [2.24, 2.45) is 0 Å². The molecule has 0 spiro atoms. The van der Waals surface area contributed by atoms with Crippen LogP contribution in [0.3, 0.4) is 0 Å². The molecule has 3 aliphatic rings. The summed E-state index contributed by atoms with van der Waals surface area (Å²) in [5.74, 6) is 0.00812. The van der Waals surface area contributed by atoms with Crippen LogP contribution in [-0.2, 0) is 5.41 Å². The SMILES string of the molecule is Cc1ccc(N2B3c4cccc5c4-n4c6c(cccc6c6c(C(c7ccccc7)c7ccccc7)cc(c3c64)-c3ccc(N(c4ccccc4)c4ccccc4)cc32)C5(C)C)cc1. The highest BCUT2D eigenvalue weighted by molar-refractivity contribution is 6.93. The van der Waals surface area contributed by atoms with Gasteiger partial charge in [-0.3, -0.25) is 0 Å². The van der Waals surface area contributed by atoms with Gasteiger partial charge < -0.3 is 14.3 Å². The van der Waals surface area contributed by atoms with Gasteiger partial charge in [0.1, 0.15) is 0 Å². The highest BCUT2D eigenvalue weighted by atomic mass is 15.2. The zero-order valence-corrected chi connectivity index (χ0v) is 35.6. The Kier molecular flexibility index (Phi) is 7.73. The van der Waals surface area contributed by atoms with Crippen LogP contribution in [-0.4, -0.2) is 11.4 Å². The second-order valence-corrected chi connectivity index (χ2v) is 18.1. The molecule has 0 aliphatic carbocycles. The number of hydrogen-bond acceptors (Lipinski definition) is 2. The van der Waals surface area contributed by atoms with Crippen LogP contribution >= 0.6 is 0 Å². The fraction of sp³-hybridized carbons (Fsp3) is 0.0847. The van der Waals surface area contributed by atoms with Crippen molar-refractivity contribution in [2.45, 2.75) is 32.1 Å². The van der Waals surface area contributed by atoms with Crippen LogP contribution in [0.2, 0.25) is 0 Å². The molecule has 10 aromatic rings. The van der Waals surface area contributed by atoms with Gasteiger partial charge in [-0.2, -0.15) is 0 Å². The molecule has 0 bridgehead atoms. The van der Waals surface area contributed by atoms with E-state index in [9.17, 15) is 0 Å². The number of aromatic nitrogens is 1. The number of rotatable bonds is 7. The van der Waals surface area contributed by atoms with Gasteiger partial charge >= 0.3 is 6.85 Å². The van der Waals surface area contributed by atoms with Gasteiger partial charge in [-0.15, -0.1) is 0 Å². The first-order valence-corrected chi connectivity index (χ1v) is 22.3. The number of nitrogens with zero attached hydrogens (tertiary/aromatic N) is 3. The first-order chi connectivity index (χ1) is 31.0. The van der Waals surface area contributed by atoms with Crippen molar-refractivity contribution < 1.29 is 0 Å². The molecule has 63 heavy (non-hydrogen) atoms. The van der Waals surface area contributed by atoms with Crippen molar-refractivity contribution >= 4 is 68.0 Å². The van der Waals surface area contributed by atoms with Gasteiger partial charge in [0, 0.05) is 61.8 Å². The predicted molar refractivity (Wildman–Crippen MR) is 265 cm³/mol. The fourth-order valence-corrected chi connectivity index (χ4v) is 11.5. The topological polar surface area (TPSA) is 11.4 Å². The summed E-state index contributed by atoms with van der Waals surface area (Å²) >= 11 is 0. The fourth-order valence-electron chi connectivity index (χ4n) is 11.5. The molecule has 1 aromatic heterocycles. The normalized spacial score (nSPS) is 13.8.